The molecule has 0 spiro atoms. The number of halogens is 1. The van der Waals surface area contributed by atoms with Gasteiger partial charge in [0.25, 0.3) is 11.6 Å². The second kappa shape index (κ2) is 6.06. The van der Waals surface area contributed by atoms with Crippen LogP contribution in [0.5, 0.6) is 0 Å². The highest BCUT2D eigenvalue weighted by Gasteiger charge is 2.18. The highest BCUT2D eigenvalue weighted by molar-refractivity contribution is 5.95. The summed E-state index contributed by atoms with van der Waals surface area (Å²) in [4.78, 5) is 21.5. The Balaban J connectivity index is 2.97. The van der Waals surface area contributed by atoms with Crippen LogP contribution in [0.15, 0.2) is 18.2 Å². The lowest BCUT2D eigenvalue weighted by Crippen LogP contribution is -2.37. The van der Waals surface area contributed by atoms with Crippen LogP contribution in [0.2, 0.25) is 0 Å². The first-order valence-electron chi connectivity index (χ1n) is 5.35. The van der Waals surface area contributed by atoms with E-state index < -0.39 is 28.3 Å². The zero-order valence-corrected chi connectivity index (χ0v) is 9.72. The number of non-ortho nitro benzene ring substituents is 1. The third kappa shape index (κ3) is 3.24. The van der Waals surface area contributed by atoms with Crippen molar-refractivity contribution in [3.63, 3.8) is 0 Å². The van der Waals surface area contributed by atoms with Crippen LogP contribution >= 0.6 is 0 Å². The van der Waals surface area contributed by atoms with Gasteiger partial charge in [-0.05, 0) is 12.5 Å². The maximum atomic E-state index is 13.4. The molecule has 6 nitrogen and oxygen atoms in total. The first-order chi connectivity index (χ1) is 8.49. The fourth-order valence-electron chi connectivity index (χ4n) is 1.34. The summed E-state index contributed by atoms with van der Waals surface area (Å²) in [6, 6.07) is 2.22. The predicted octanol–water partition coefficient (Wildman–Crippen LogP) is 1.23. The van der Waals surface area contributed by atoms with Crippen molar-refractivity contribution in [2.45, 2.75) is 19.4 Å². The SMILES string of the molecule is CCC(CO)NC(=O)c1cc([N+](=O)[O-])ccc1F. The number of nitro groups is 1. The van der Waals surface area contributed by atoms with Gasteiger partial charge in [-0.25, -0.2) is 4.39 Å². The first-order valence-corrected chi connectivity index (χ1v) is 5.35. The number of hydrogen-bond donors (Lipinski definition) is 2. The number of aliphatic hydroxyl groups is 1. The van der Waals surface area contributed by atoms with Crippen molar-refractivity contribution in [1.29, 1.82) is 0 Å². The molecule has 0 saturated heterocycles. The van der Waals surface area contributed by atoms with E-state index in [1.54, 1.807) is 6.92 Å². The number of aliphatic hydroxyl groups excluding tert-OH is 1. The molecule has 0 radical (unpaired) electrons. The Morgan fingerprint density at radius 3 is 2.78 bits per heavy atom. The Bertz CT molecular complexity index is 460. The monoisotopic (exact) mass is 256 g/mol. The van der Waals surface area contributed by atoms with Gasteiger partial charge in [0.05, 0.1) is 23.1 Å². The molecule has 0 heterocycles. The summed E-state index contributed by atoms with van der Waals surface area (Å²) in [5, 5.41) is 21.8. The van der Waals surface area contributed by atoms with Gasteiger partial charge in [0.15, 0.2) is 0 Å². The van der Waals surface area contributed by atoms with E-state index in [4.69, 9.17) is 5.11 Å². The summed E-state index contributed by atoms with van der Waals surface area (Å²) < 4.78 is 13.4. The van der Waals surface area contributed by atoms with E-state index in [0.29, 0.717) is 6.42 Å². The van der Waals surface area contributed by atoms with Gasteiger partial charge in [0, 0.05) is 12.1 Å². The molecule has 18 heavy (non-hydrogen) atoms. The molecule has 1 rings (SSSR count). The molecule has 0 aliphatic heterocycles. The van der Waals surface area contributed by atoms with Crippen LogP contribution in [-0.2, 0) is 0 Å². The number of nitro benzene ring substituents is 1. The largest absolute Gasteiger partial charge is 0.394 e. The van der Waals surface area contributed by atoms with Gasteiger partial charge in [-0.3, -0.25) is 14.9 Å². The van der Waals surface area contributed by atoms with Crippen LogP contribution in [-0.4, -0.2) is 28.6 Å². The van der Waals surface area contributed by atoms with Crippen LogP contribution in [0.25, 0.3) is 0 Å². The number of carbonyl (C=O) groups is 1. The number of hydrogen-bond acceptors (Lipinski definition) is 4. The Morgan fingerprint density at radius 2 is 2.28 bits per heavy atom. The van der Waals surface area contributed by atoms with Crippen LogP contribution in [0, 0.1) is 15.9 Å². The van der Waals surface area contributed by atoms with Gasteiger partial charge in [-0.15, -0.1) is 0 Å². The molecular formula is C11H13FN2O4. The average molecular weight is 256 g/mol. The molecule has 2 N–H and O–H groups in total. The fourth-order valence-corrected chi connectivity index (χ4v) is 1.34. The van der Waals surface area contributed by atoms with Gasteiger partial charge in [0.1, 0.15) is 5.82 Å². The van der Waals surface area contributed by atoms with Crippen molar-refractivity contribution >= 4 is 11.6 Å². The molecule has 1 atom stereocenters. The van der Waals surface area contributed by atoms with Crippen LogP contribution in [0.1, 0.15) is 23.7 Å². The Morgan fingerprint density at radius 1 is 1.61 bits per heavy atom. The van der Waals surface area contributed by atoms with Crippen molar-refractivity contribution in [2.75, 3.05) is 6.61 Å². The normalized spacial score (nSPS) is 11.9. The molecule has 0 aliphatic rings. The minimum atomic E-state index is -0.842. The zero-order chi connectivity index (χ0) is 13.7. The first kappa shape index (κ1) is 14.0. The number of rotatable bonds is 5. The van der Waals surface area contributed by atoms with E-state index in [-0.39, 0.29) is 12.3 Å². The summed E-state index contributed by atoms with van der Waals surface area (Å²) in [7, 11) is 0. The summed E-state index contributed by atoms with van der Waals surface area (Å²) >= 11 is 0. The van der Waals surface area contributed by atoms with Gasteiger partial charge in [-0.1, -0.05) is 6.92 Å². The molecule has 0 fully saturated rings. The zero-order valence-electron chi connectivity index (χ0n) is 9.72. The smallest absolute Gasteiger partial charge is 0.270 e. The van der Waals surface area contributed by atoms with E-state index in [1.807, 2.05) is 0 Å². The Hall–Kier alpha value is -2.02. The van der Waals surface area contributed by atoms with Crippen molar-refractivity contribution in [1.82, 2.24) is 5.32 Å². The van der Waals surface area contributed by atoms with E-state index in [1.165, 1.54) is 0 Å². The second-order valence-electron chi connectivity index (χ2n) is 3.68. The Labute approximate surface area is 103 Å². The molecule has 1 aromatic rings. The number of nitrogens with zero attached hydrogens (tertiary/aromatic N) is 1. The molecule has 0 aliphatic carbocycles. The van der Waals surface area contributed by atoms with Crippen molar-refractivity contribution in [3.8, 4) is 0 Å². The van der Waals surface area contributed by atoms with E-state index in [2.05, 4.69) is 5.32 Å². The third-order valence-corrected chi connectivity index (χ3v) is 2.45. The summed E-state index contributed by atoms with van der Waals surface area (Å²) in [6.45, 7) is 1.46. The van der Waals surface area contributed by atoms with Crippen LogP contribution in [0.4, 0.5) is 10.1 Å². The van der Waals surface area contributed by atoms with Gasteiger partial charge < -0.3 is 10.4 Å². The third-order valence-electron chi connectivity index (χ3n) is 2.45. The number of carbonyl (C=O) groups excluding carboxylic acids is 1. The Kier molecular flexibility index (Phi) is 4.73. The molecule has 1 unspecified atom stereocenters. The van der Waals surface area contributed by atoms with Crippen LogP contribution in [0.3, 0.4) is 0 Å². The molecule has 1 amide bonds. The van der Waals surface area contributed by atoms with Crippen molar-refractivity contribution in [3.05, 3.63) is 39.7 Å². The molecule has 1 aromatic carbocycles. The van der Waals surface area contributed by atoms with Crippen LogP contribution < -0.4 is 5.32 Å². The highest BCUT2D eigenvalue weighted by Crippen LogP contribution is 2.16. The van der Waals surface area contributed by atoms with Crippen molar-refractivity contribution in [2.24, 2.45) is 0 Å². The molecular weight excluding hydrogens is 243 g/mol. The molecule has 0 saturated carbocycles. The minimum Gasteiger partial charge on any atom is -0.394 e. The maximum absolute atomic E-state index is 13.4. The lowest BCUT2D eigenvalue weighted by Gasteiger charge is -2.14. The standard InChI is InChI=1S/C11H13FN2O4/c1-2-7(6-15)13-11(16)9-5-8(14(17)18)3-4-10(9)12/h3-5,7,15H,2,6H2,1H3,(H,13,16). The lowest BCUT2D eigenvalue weighted by atomic mass is 10.1. The summed E-state index contributed by atoms with van der Waals surface area (Å²) in [6.07, 6.45) is 0.471. The maximum Gasteiger partial charge on any atom is 0.270 e. The number of nitrogens with one attached hydrogen (secondary N) is 1. The van der Waals surface area contributed by atoms with E-state index in [9.17, 15) is 19.3 Å². The lowest BCUT2D eigenvalue weighted by molar-refractivity contribution is -0.384. The van der Waals surface area contributed by atoms with Gasteiger partial charge in [-0.2, -0.15) is 0 Å². The van der Waals surface area contributed by atoms with Gasteiger partial charge in [0.2, 0.25) is 0 Å². The highest BCUT2D eigenvalue weighted by atomic mass is 19.1. The summed E-state index contributed by atoms with van der Waals surface area (Å²) in [5.74, 6) is -1.62. The minimum absolute atomic E-state index is 0.279. The summed E-state index contributed by atoms with van der Waals surface area (Å²) in [5.41, 5.74) is -0.769. The molecule has 0 aromatic heterocycles. The van der Waals surface area contributed by atoms with E-state index >= 15 is 0 Å². The quantitative estimate of drug-likeness (QED) is 0.612. The second-order valence-corrected chi connectivity index (χ2v) is 3.68. The molecule has 7 heteroatoms. The van der Waals surface area contributed by atoms with Crippen molar-refractivity contribution < 1.29 is 19.2 Å². The topological polar surface area (TPSA) is 92.5 Å². The fraction of sp³-hybridized carbons (Fsp3) is 0.364. The average Bonchev–Trinajstić information content (AvgIpc) is 2.35. The van der Waals surface area contributed by atoms with E-state index in [0.717, 1.165) is 18.2 Å². The van der Waals surface area contributed by atoms with Gasteiger partial charge >= 0.3 is 0 Å². The molecule has 0 bridgehead atoms. The number of benzene rings is 1. The predicted molar refractivity (Wildman–Crippen MR) is 61.7 cm³/mol. The number of amides is 1. The molecule has 98 valence electrons.